The van der Waals surface area contributed by atoms with Gasteiger partial charge >= 0.3 is 6.09 Å². The van der Waals surface area contributed by atoms with Gasteiger partial charge in [-0.05, 0) is 45.9 Å². The molecule has 9 heteroatoms. The number of ether oxygens (including phenoxy) is 2. The summed E-state index contributed by atoms with van der Waals surface area (Å²) in [6.45, 7) is 12.1. The molecule has 0 aliphatic carbocycles. The van der Waals surface area contributed by atoms with Crippen molar-refractivity contribution < 1.29 is 23.9 Å². The number of nitrogens with one attached hydrogen (secondary N) is 1. The predicted molar refractivity (Wildman–Crippen MR) is 114 cm³/mol. The fraction of sp³-hybridized carbons (Fsp3) is 0.476. The van der Waals surface area contributed by atoms with Crippen molar-refractivity contribution in [1.29, 1.82) is 0 Å². The first kappa shape index (κ1) is 23.1. The number of carbonyl (C=O) groups is 3. The van der Waals surface area contributed by atoms with Crippen LogP contribution in [0.1, 0.15) is 27.7 Å². The van der Waals surface area contributed by atoms with Crippen LogP contribution in [-0.2, 0) is 14.3 Å². The minimum absolute atomic E-state index is 0.188. The summed E-state index contributed by atoms with van der Waals surface area (Å²) in [5, 5.41) is 2.59. The van der Waals surface area contributed by atoms with Gasteiger partial charge in [0.05, 0.1) is 11.4 Å². The van der Waals surface area contributed by atoms with Crippen molar-refractivity contribution in [2.45, 2.75) is 39.4 Å². The highest BCUT2D eigenvalue weighted by Gasteiger charge is 2.30. The largest absolute Gasteiger partial charge is 0.481 e. The Morgan fingerprint density at radius 2 is 1.77 bits per heavy atom. The van der Waals surface area contributed by atoms with E-state index < -0.39 is 17.6 Å². The quantitative estimate of drug-likeness (QED) is 0.560. The summed E-state index contributed by atoms with van der Waals surface area (Å²) in [7, 11) is 0. The molecular weight excluding hydrogens is 388 g/mol. The molecule has 1 heterocycles. The third-order valence-corrected chi connectivity index (χ3v) is 4.37. The Morgan fingerprint density at radius 3 is 2.33 bits per heavy atom. The molecule has 1 unspecified atom stereocenters. The van der Waals surface area contributed by atoms with Crippen LogP contribution >= 0.6 is 0 Å². The summed E-state index contributed by atoms with van der Waals surface area (Å²) in [5.74, 6) is -0.185. The third-order valence-electron chi connectivity index (χ3n) is 4.37. The van der Waals surface area contributed by atoms with Crippen LogP contribution in [-0.4, -0.2) is 65.6 Å². The molecule has 1 saturated heterocycles. The maximum atomic E-state index is 12.7. The van der Waals surface area contributed by atoms with Gasteiger partial charge in [-0.15, -0.1) is 0 Å². The second-order valence-corrected chi connectivity index (χ2v) is 8.00. The van der Waals surface area contributed by atoms with Crippen LogP contribution in [0, 0.1) is 0 Å². The predicted octanol–water partition coefficient (Wildman–Crippen LogP) is 2.24. The fourth-order valence-electron chi connectivity index (χ4n) is 2.85. The van der Waals surface area contributed by atoms with Gasteiger partial charge in [0.15, 0.2) is 6.10 Å². The molecule has 0 aromatic heterocycles. The van der Waals surface area contributed by atoms with Crippen LogP contribution in [0.25, 0.3) is 0 Å². The first-order chi connectivity index (χ1) is 14.0. The zero-order valence-corrected chi connectivity index (χ0v) is 17.9. The number of hydrogen-bond donors (Lipinski definition) is 2. The molecule has 1 fully saturated rings. The molecule has 1 aromatic rings. The van der Waals surface area contributed by atoms with Gasteiger partial charge in [-0.1, -0.05) is 6.58 Å². The first-order valence-corrected chi connectivity index (χ1v) is 9.76. The van der Waals surface area contributed by atoms with Crippen LogP contribution in [0.3, 0.4) is 0 Å². The smallest absolute Gasteiger partial charge is 0.410 e. The van der Waals surface area contributed by atoms with E-state index in [1.807, 2.05) is 20.8 Å². The minimum Gasteiger partial charge on any atom is -0.481 e. The standard InChI is InChI=1S/C21H30N4O5/c1-6-18(26)23-17-13-15(7-8-16(17)22)29-14(2)19(27)24-9-11-25(12-10-24)20(28)30-21(3,4)5/h6-8,13-14H,1,9-12,22H2,2-5H3,(H,23,26). The molecule has 3 amide bonds. The highest BCUT2D eigenvalue weighted by molar-refractivity contribution is 6.01. The Kier molecular flexibility index (Phi) is 7.31. The molecule has 2 rings (SSSR count). The summed E-state index contributed by atoms with van der Waals surface area (Å²) >= 11 is 0. The van der Waals surface area contributed by atoms with Crippen molar-refractivity contribution in [3.63, 3.8) is 0 Å². The number of nitrogens with two attached hydrogens (primary N) is 1. The van der Waals surface area contributed by atoms with Crippen LogP contribution in [0.4, 0.5) is 16.2 Å². The number of carbonyl (C=O) groups excluding carboxylic acids is 3. The maximum Gasteiger partial charge on any atom is 0.410 e. The lowest BCUT2D eigenvalue weighted by atomic mass is 10.2. The van der Waals surface area contributed by atoms with E-state index in [9.17, 15) is 14.4 Å². The average molecular weight is 418 g/mol. The average Bonchev–Trinajstić information content (AvgIpc) is 2.68. The van der Waals surface area contributed by atoms with Crippen molar-refractivity contribution in [1.82, 2.24) is 9.80 Å². The van der Waals surface area contributed by atoms with Gasteiger partial charge in [-0.2, -0.15) is 0 Å². The van der Waals surface area contributed by atoms with Crippen molar-refractivity contribution in [2.75, 3.05) is 37.2 Å². The summed E-state index contributed by atoms with van der Waals surface area (Å²) < 4.78 is 11.1. The van der Waals surface area contributed by atoms with Crippen LogP contribution < -0.4 is 15.8 Å². The zero-order chi connectivity index (χ0) is 22.5. The first-order valence-electron chi connectivity index (χ1n) is 9.76. The molecule has 0 spiro atoms. The van der Waals surface area contributed by atoms with Crippen molar-refractivity contribution in [3.05, 3.63) is 30.9 Å². The number of amides is 3. The lowest BCUT2D eigenvalue weighted by Gasteiger charge is -2.36. The Bertz CT molecular complexity index is 810. The third kappa shape index (κ3) is 6.40. The number of nitrogen functional groups attached to an aromatic ring is 1. The molecule has 0 bridgehead atoms. The Balaban J connectivity index is 1.93. The van der Waals surface area contributed by atoms with Gasteiger partial charge in [-0.3, -0.25) is 9.59 Å². The highest BCUT2D eigenvalue weighted by atomic mass is 16.6. The molecular formula is C21H30N4O5. The molecule has 1 aliphatic rings. The summed E-state index contributed by atoms with van der Waals surface area (Å²) in [4.78, 5) is 39.7. The number of rotatable bonds is 5. The van der Waals surface area contributed by atoms with E-state index in [0.717, 1.165) is 6.08 Å². The summed E-state index contributed by atoms with van der Waals surface area (Å²) in [6.07, 6.45) is 0.00953. The van der Waals surface area contributed by atoms with E-state index in [2.05, 4.69) is 11.9 Å². The van der Waals surface area contributed by atoms with Gasteiger partial charge in [0.2, 0.25) is 5.91 Å². The zero-order valence-electron chi connectivity index (χ0n) is 17.9. The number of hydrogen-bond acceptors (Lipinski definition) is 6. The molecule has 9 nitrogen and oxygen atoms in total. The van der Waals surface area contributed by atoms with Crippen molar-refractivity contribution >= 4 is 29.3 Å². The van der Waals surface area contributed by atoms with Crippen LogP contribution in [0.15, 0.2) is 30.9 Å². The molecule has 164 valence electrons. The normalized spacial score (nSPS) is 15.2. The molecule has 30 heavy (non-hydrogen) atoms. The van der Waals surface area contributed by atoms with E-state index in [-0.39, 0.29) is 12.0 Å². The molecule has 0 saturated carbocycles. The van der Waals surface area contributed by atoms with Crippen LogP contribution in [0.5, 0.6) is 5.75 Å². The second-order valence-electron chi connectivity index (χ2n) is 8.00. The number of anilines is 2. The molecule has 3 N–H and O–H groups in total. The Hall–Kier alpha value is -3.23. The number of piperazine rings is 1. The lowest BCUT2D eigenvalue weighted by Crippen LogP contribution is -2.54. The van der Waals surface area contributed by atoms with Gasteiger partial charge < -0.3 is 30.3 Å². The van der Waals surface area contributed by atoms with Gasteiger partial charge in [0, 0.05) is 32.2 Å². The highest BCUT2D eigenvalue weighted by Crippen LogP contribution is 2.25. The Morgan fingerprint density at radius 1 is 1.17 bits per heavy atom. The van der Waals surface area contributed by atoms with E-state index in [1.165, 1.54) is 0 Å². The molecule has 0 radical (unpaired) electrons. The van der Waals surface area contributed by atoms with E-state index >= 15 is 0 Å². The Labute approximate surface area is 176 Å². The van der Waals surface area contributed by atoms with Gasteiger partial charge in [0.1, 0.15) is 11.4 Å². The summed E-state index contributed by atoms with van der Waals surface area (Å²) in [5.41, 5.74) is 6.04. The van der Waals surface area contributed by atoms with E-state index in [1.54, 1.807) is 34.9 Å². The van der Waals surface area contributed by atoms with Crippen molar-refractivity contribution in [3.8, 4) is 5.75 Å². The number of benzene rings is 1. The lowest BCUT2D eigenvalue weighted by molar-refractivity contribution is -0.139. The summed E-state index contributed by atoms with van der Waals surface area (Å²) in [6, 6.07) is 4.77. The van der Waals surface area contributed by atoms with Crippen LogP contribution in [0.2, 0.25) is 0 Å². The van der Waals surface area contributed by atoms with Crippen molar-refractivity contribution in [2.24, 2.45) is 0 Å². The fourth-order valence-corrected chi connectivity index (χ4v) is 2.85. The topological polar surface area (TPSA) is 114 Å². The minimum atomic E-state index is -0.746. The van der Waals surface area contributed by atoms with Gasteiger partial charge in [-0.25, -0.2) is 4.79 Å². The second kappa shape index (κ2) is 9.51. The molecule has 1 aliphatic heterocycles. The van der Waals surface area contributed by atoms with Gasteiger partial charge in [0.25, 0.3) is 5.91 Å². The molecule has 1 atom stereocenters. The maximum absolute atomic E-state index is 12.7. The SMILES string of the molecule is C=CC(=O)Nc1cc(OC(C)C(=O)N2CCN(C(=O)OC(C)(C)C)CC2)ccc1N. The molecule has 1 aromatic carbocycles. The van der Waals surface area contributed by atoms with E-state index in [4.69, 9.17) is 15.2 Å². The number of nitrogens with zero attached hydrogens (tertiary/aromatic N) is 2. The monoisotopic (exact) mass is 418 g/mol. The van der Waals surface area contributed by atoms with E-state index in [0.29, 0.717) is 43.3 Å².